The highest BCUT2D eigenvalue weighted by molar-refractivity contribution is 5.68. The first-order valence-corrected chi connectivity index (χ1v) is 8.21. The lowest BCUT2D eigenvalue weighted by molar-refractivity contribution is 0.0479. The molecule has 2 atom stereocenters. The molecule has 2 N–H and O–H groups in total. The molecule has 0 aromatic heterocycles. The fraction of sp³-hybridized carbons (Fsp3) is 0.611. The number of amides is 1. The normalized spacial score (nSPS) is 22.1. The predicted molar refractivity (Wildman–Crippen MR) is 88.7 cm³/mol. The minimum absolute atomic E-state index is 0.146. The molecule has 0 saturated heterocycles. The van der Waals surface area contributed by atoms with Crippen molar-refractivity contribution in [3.63, 3.8) is 0 Å². The van der Waals surface area contributed by atoms with Crippen molar-refractivity contribution in [2.24, 2.45) is 0 Å². The van der Waals surface area contributed by atoms with Gasteiger partial charge in [-0.15, -0.1) is 0 Å². The van der Waals surface area contributed by atoms with Crippen molar-refractivity contribution in [3.05, 3.63) is 35.9 Å². The summed E-state index contributed by atoms with van der Waals surface area (Å²) in [6, 6.07) is 10.8. The molecule has 0 heterocycles. The fourth-order valence-corrected chi connectivity index (χ4v) is 2.85. The summed E-state index contributed by atoms with van der Waals surface area (Å²) in [5.74, 6) is 0. The number of carbonyl (C=O) groups is 1. The molecule has 22 heavy (non-hydrogen) atoms. The Morgan fingerprint density at radius 1 is 1.14 bits per heavy atom. The predicted octanol–water partition coefficient (Wildman–Crippen LogP) is 3.61. The third kappa shape index (κ3) is 5.68. The van der Waals surface area contributed by atoms with Gasteiger partial charge in [-0.1, -0.05) is 43.2 Å². The summed E-state index contributed by atoms with van der Waals surface area (Å²) in [5, 5.41) is 6.62. The van der Waals surface area contributed by atoms with E-state index in [1.54, 1.807) is 0 Å². The maximum Gasteiger partial charge on any atom is 0.407 e. The Labute approximate surface area is 133 Å². The van der Waals surface area contributed by atoms with Gasteiger partial charge < -0.3 is 15.4 Å². The summed E-state index contributed by atoms with van der Waals surface area (Å²) in [5.41, 5.74) is 0.815. The van der Waals surface area contributed by atoms with Gasteiger partial charge in [-0.2, -0.15) is 0 Å². The van der Waals surface area contributed by atoms with E-state index in [4.69, 9.17) is 4.74 Å². The lowest BCUT2D eigenvalue weighted by Crippen LogP contribution is -2.52. The van der Waals surface area contributed by atoms with Crippen LogP contribution in [0.1, 0.15) is 52.0 Å². The van der Waals surface area contributed by atoms with Gasteiger partial charge in [0.15, 0.2) is 0 Å². The summed E-state index contributed by atoms with van der Waals surface area (Å²) < 4.78 is 5.37. The lowest BCUT2D eigenvalue weighted by atomic mass is 9.90. The summed E-state index contributed by atoms with van der Waals surface area (Å²) in [6.07, 6.45) is 4.15. The summed E-state index contributed by atoms with van der Waals surface area (Å²) in [4.78, 5) is 12.0. The molecule has 0 aliphatic heterocycles. The zero-order chi connectivity index (χ0) is 16.0. The van der Waals surface area contributed by atoms with E-state index >= 15 is 0 Å². The minimum atomic E-state index is -0.453. The third-order valence-electron chi connectivity index (χ3n) is 3.88. The standard InChI is InChI=1S/C18H28N2O2/c1-18(2,3)22-17(21)20-16-12-8-7-11-15(16)19-13-14-9-5-4-6-10-14/h4-6,9-10,15-16,19H,7-8,11-13H2,1-3H3,(H,20,21). The van der Waals surface area contributed by atoms with Crippen LogP contribution in [-0.4, -0.2) is 23.8 Å². The molecule has 1 aliphatic rings. The average molecular weight is 304 g/mol. The average Bonchev–Trinajstić information content (AvgIpc) is 2.45. The molecule has 4 nitrogen and oxygen atoms in total. The van der Waals surface area contributed by atoms with E-state index in [0.29, 0.717) is 6.04 Å². The monoisotopic (exact) mass is 304 g/mol. The van der Waals surface area contributed by atoms with Crippen LogP contribution in [0.25, 0.3) is 0 Å². The summed E-state index contributed by atoms with van der Waals surface area (Å²) in [7, 11) is 0. The Bertz CT molecular complexity index is 468. The van der Waals surface area contributed by atoms with Gasteiger partial charge in [0.2, 0.25) is 0 Å². The van der Waals surface area contributed by atoms with Crippen LogP contribution in [0, 0.1) is 0 Å². The molecule has 0 bridgehead atoms. The van der Waals surface area contributed by atoms with Gasteiger partial charge in [0, 0.05) is 18.6 Å². The van der Waals surface area contributed by atoms with Gasteiger partial charge in [0.1, 0.15) is 5.60 Å². The minimum Gasteiger partial charge on any atom is -0.444 e. The number of benzene rings is 1. The van der Waals surface area contributed by atoms with E-state index in [9.17, 15) is 4.79 Å². The van der Waals surface area contributed by atoms with Crippen LogP contribution in [0.5, 0.6) is 0 Å². The second kappa shape index (κ2) is 7.63. The van der Waals surface area contributed by atoms with E-state index in [1.165, 1.54) is 12.0 Å². The van der Waals surface area contributed by atoms with E-state index in [0.717, 1.165) is 25.8 Å². The smallest absolute Gasteiger partial charge is 0.407 e. The van der Waals surface area contributed by atoms with Crippen molar-refractivity contribution in [1.29, 1.82) is 0 Å². The highest BCUT2D eigenvalue weighted by Gasteiger charge is 2.27. The van der Waals surface area contributed by atoms with Gasteiger partial charge in [-0.3, -0.25) is 0 Å². The maximum absolute atomic E-state index is 12.0. The van der Waals surface area contributed by atoms with Gasteiger partial charge in [-0.05, 0) is 39.2 Å². The molecule has 1 aromatic carbocycles. The number of nitrogens with one attached hydrogen (secondary N) is 2. The van der Waals surface area contributed by atoms with Gasteiger partial charge in [-0.25, -0.2) is 4.79 Å². The first kappa shape index (κ1) is 16.8. The first-order chi connectivity index (χ1) is 10.4. The Balaban J connectivity index is 1.86. The number of alkyl carbamates (subject to hydrolysis) is 1. The van der Waals surface area contributed by atoms with Crippen LogP contribution in [-0.2, 0) is 11.3 Å². The number of ether oxygens (including phenoxy) is 1. The molecule has 1 saturated carbocycles. The zero-order valence-electron chi connectivity index (χ0n) is 13.9. The Hall–Kier alpha value is -1.55. The molecule has 1 amide bonds. The second-order valence-electron chi connectivity index (χ2n) is 7.01. The molecule has 1 fully saturated rings. The number of rotatable bonds is 4. The van der Waals surface area contributed by atoms with E-state index < -0.39 is 5.60 Å². The summed E-state index contributed by atoms with van der Waals surface area (Å²) in [6.45, 7) is 6.49. The van der Waals surface area contributed by atoms with Crippen molar-refractivity contribution in [2.75, 3.05) is 0 Å². The van der Waals surface area contributed by atoms with E-state index in [-0.39, 0.29) is 12.1 Å². The number of hydrogen-bond donors (Lipinski definition) is 2. The molecule has 0 spiro atoms. The number of hydrogen-bond acceptors (Lipinski definition) is 3. The first-order valence-electron chi connectivity index (χ1n) is 8.21. The summed E-state index contributed by atoms with van der Waals surface area (Å²) >= 11 is 0. The van der Waals surface area contributed by atoms with Crippen LogP contribution in [0.4, 0.5) is 4.79 Å². The Morgan fingerprint density at radius 2 is 1.77 bits per heavy atom. The van der Waals surface area contributed by atoms with Gasteiger partial charge in [0.05, 0.1) is 0 Å². The molecule has 1 aromatic rings. The van der Waals surface area contributed by atoms with E-state index in [1.807, 2.05) is 39.0 Å². The Morgan fingerprint density at radius 3 is 2.41 bits per heavy atom. The van der Waals surface area contributed by atoms with E-state index in [2.05, 4.69) is 22.8 Å². The van der Waals surface area contributed by atoms with Crippen LogP contribution in [0.15, 0.2) is 30.3 Å². The number of carbonyl (C=O) groups excluding carboxylic acids is 1. The molecule has 2 rings (SSSR count). The van der Waals surface area contributed by atoms with Crippen LogP contribution < -0.4 is 10.6 Å². The van der Waals surface area contributed by atoms with Gasteiger partial charge >= 0.3 is 6.09 Å². The molecular formula is C18H28N2O2. The second-order valence-corrected chi connectivity index (χ2v) is 7.01. The molecule has 0 radical (unpaired) electrons. The molecule has 2 unspecified atom stereocenters. The van der Waals surface area contributed by atoms with Crippen molar-refractivity contribution in [3.8, 4) is 0 Å². The zero-order valence-corrected chi connectivity index (χ0v) is 13.9. The van der Waals surface area contributed by atoms with Crippen LogP contribution in [0.3, 0.4) is 0 Å². The maximum atomic E-state index is 12.0. The highest BCUT2D eigenvalue weighted by atomic mass is 16.6. The molecule has 4 heteroatoms. The Kier molecular flexibility index (Phi) is 5.83. The van der Waals surface area contributed by atoms with Crippen molar-refractivity contribution < 1.29 is 9.53 Å². The molecule has 1 aliphatic carbocycles. The topological polar surface area (TPSA) is 50.4 Å². The van der Waals surface area contributed by atoms with Gasteiger partial charge in [0.25, 0.3) is 0 Å². The largest absolute Gasteiger partial charge is 0.444 e. The molecule has 122 valence electrons. The van der Waals surface area contributed by atoms with Crippen LogP contribution >= 0.6 is 0 Å². The van der Waals surface area contributed by atoms with Crippen LogP contribution in [0.2, 0.25) is 0 Å². The fourth-order valence-electron chi connectivity index (χ4n) is 2.85. The SMILES string of the molecule is CC(C)(C)OC(=O)NC1CCCCC1NCc1ccccc1. The van der Waals surface area contributed by atoms with Crippen molar-refractivity contribution in [2.45, 2.75) is 70.7 Å². The third-order valence-corrected chi connectivity index (χ3v) is 3.88. The van der Waals surface area contributed by atoms with Crippen molar-refractivity contribution >= 4 is 6.09 Å². The quantitative estimate of drug-likeness (QED) is 0.893. The molecular weight excluding hydrogens is 276 g/mol. The van der Waals surface area contributed by atoms with Crippen molar-refractivity contribution in [1.82, 2.24) is 10.6 Å². The highest BCUT2D eigenvalue weighted by Crippen LogP contribution is 2.20. The lowest BCUT2D eigenvalue weighted by Gasteiger charge is -2.33.